The highest BCUT2D eigenvalue weighted by Crippen LogP contribution is 2.15. The minimum absolute atomic E-state index is 0.265. The quantitative estimate of drug-likeness (QED) is 0.0699. The van der Waals surface area contributed by atoms with Crippen LogP contribution < -0.4 is 0 Å². The normalized spacial score (nSPS) is 11.8. The molecular weight excluding hydrogens is 446 g/mol. The molecule has 0 saturated heterocycles. The van der Waals surface area contributed by atoms with Crippen molar-refractivity contribution in [3.63, 3.8) is 0 Å². The zero-order valence-electron chi connectivity index (χ0n) is 22.2. The summed E-state index contributed by atoms with van der Waals surface area (Å²) in [6.45, 7) is 1.05. The van der Waals surface area contributed by atoms with Crippen LogP contribution in [-0.2, 0) is 14.4 Å². The summed E-state index contributed by atoms with van der Waals surface area (Å²) in [5.74, 6) is -3.50. The van der Waals surface area contributed by atoms with Crippen LogP contribution in [0.3, 0.4) is 0 Å². The maximum Gasteiger partial charge on any atom is 0.359 e. The van der Waals surface area contributed by atoms with Gasteiger partial charge in [0.25, 0.3) is 0 Å². The Bertz CT molecular complexity index is 549. The number of hydrogen-bond donors (Lipinski definition) is 3. The monoisotopic (exact) mass is 498 g/mol. The number of hydrogen-bond acceptors (Lipinski definition) is 3. The van der Waals surface area contributed by atoms with Crippen molar-refractivity contribution in [2.45, 2.75) is 122 Å². The Morgan fingerprint density at radius 3 is 1.17 bits per heavy atom. The van der Waals surface area contributed by atoms with Crippen LogP contribution in [0, 0.1) is 0 Å². The molecule has 0 aromatic carbocycles. The second kappa shape index (κ2) is 22.6. The van der Waals surface area contributed by atoms with Gasteiger partial charge in [-0.3, -0.25) is 4.48 Å². The van der Waals surface area contributed by atoms with E-state index in [0.29, 0.717) is 6.42 Å². The van der Waals surface area contributed by atoms with Crippen molar-refractivity contribution >= 4 is 17.9 Å². The van der Waals surface area contributed by atoms with E-state index in [4.69, 9.17) is 15.3 Å². The van der Waals surface area contributed by atoms with E-state index in [1.54, 1.807) is 0 Å². The highest BCUT2D eigenvalue weighted by Gasteiger charge is 2.35. The average molecular weight is 499 g/mol. The van der Waals surface area contributed by atoms with Gasteiger partial charge in [-0.15, -0.1) is 0 Å². The number of carboxylic acids is 3. The molecule has 0 aliphatic rings. The summed E-state index contributed by atoms with van der Waals surface area (Å²) in [5, 5.41) is 27.4. The van der Waals surface area contributed by atoms with Crippen LogP contribution in [0.25, 0.3) is 0 Å². The van der Waals surface area contributed by atoms with Crippen LogP contribution >= 0.6 is 0 Å². The van der Waals surface area contributed by atoms with E-state index >= 15 is 0 Å². The summed E-state index contributed by atoms with van der Waals surface area (Å²) >= 11 is 0. The fraction of sp³-hybridized carbons (Fsp3) is 0.821. The second-order valence-electron chi connectivity index (χ2n) is 10.1. The molecule has 0 unspecified atom stereocenters. The number of unbranched alkanes of at least 4 members (excludes halogenated alkanes) is 16. The van der Waals surface area contributed by atoms with Gasteiger partial charge in [0.05, 0.1) is 6.54 Å². The predicted octanol–water partition coefficient (Wildman–Crippen LogP) is 6.65. The second-order valence-corrected chi connectivity index (χ2v) is 10.1. The van der Waals surface area contributed by atoms with Gasteiger partial charge in [-0.1, -0.05) is 103 Å². The molecule has 0 aliphatic carbocycles. The summed E-state index contributed by atoms with van der Waals surface area (Å²) in [6.07, 6.45) is 26.4. The minimum atomic E-state index is -1.17. The molecule has 0 aromatic heterocycles. The minimum Gasteiger partial charge on any atom is -0.477 e. The number of carboxylic acid groups (broad SMARTS) is 3. The Kier molecular flexibility index (Phi) is 21.3. The summed E-state index contributed by atoms with van der Waals surface area (Å²) < 4.78 is -0.434. The molecule has 0 atom stereocenters. The van der Waals surface area contributed by atoms with E-state index in [2.05, 4.69) is 19.1 Å². The smallest absolute Gasteiger partial charge is 0.359 e. The standard InChI is InChI=1S/C28H51NO6/c1-2-3-4-5-6-7-8-9-10-11-12-13-14-15-16-17-18-19-20-21-22-29(23-26(30)31,24-27(32)33)25-28(34)35/h4-5H,2-3,6-25H2,1H3,(H2-,30,31,32,33,34,35)/p+1/b5-4+. The number of quaternary nitrogens is 1. The molecule has 3 N–H and O–H groups in total. The molecule has 7 heteroatoms. The van der Waals surface area contributed by atoms with E-state index in [0.717, 1.165) is 19.3 Å². The number of rotatable bonds is 26. The number of allylic oxidation sites excluding steroid dienone is 2. The lowest BCUT2D eigenvalue weighted by Gasteiger charge is -2.34. The van der Waals surface area contributed by atoms with Gasteiger partial charge in [0.15, 0.2) is 19.6 Å². The van der Waals surface area contributed by atoms with Crippen LogP contribution in [-0.4, -0.2) is 63.9 Å². The number of carbonyl (C=O) groups is 3. The third-order valence-corrected chi connectivity index (χ3v) is 6.54. The highest BCUT2D eigenvalue weighted by molar-refractivity contribution is 5.73. The van der Waals surface area contributed by atoms with Crippen molar-refractivity contribution in [3.8, 4) is 0 Å². The molecule has 35 heavy (non-hydrogen) atoms. The van der Waals surface area contributed by atoms with Gasteiger partial charge in [0.2, 0.25) is 0 Å². The van der Waals surface area contributed by atoms with Crippen molar-refractivity contribution in [2.24, 2.45) is 0 Å². The highest BCUT2D eigenvalue weighted by atomic mass is 16.4. The molecule has 0 heterocycles. The van der Waals surface area contributed by atoms with E-state index in [9.17, 15) is 14.4 Å². The molecule has 0 rings (SSSR count). The lowest BCUT2D eigenvalue weighted by atomic mass is 10.0. The van der Waals surface area contributed by atoms with Crippen LogP contribution in [0.2, 0.25) is 0 Å². The maximum absolute atomic E-state index is 11.2. The van der Waals surface area contributed by atoms with Gasteiger partial charge < -0.3 is 15.3 Å². The molecule has 0 spiro atoms. The first-order chi connectivity index (χ1) is 16.8. The fourth-order valence-electron chi connectivity index (χ4n) is 4.68. The Morgan fingerprint density at radius 2 is 0.829 bits per heavy atom. The molecular formula is C28H52NO6+. The average Bonchev–Trinajstić information content (AvgIpc) is 2.76. The predicted molar refractivity (Wildman–Crippen MR) is 141 cm³/mol. The van der Waals surface area contributed by atoms with Crippen LogP contribution in [0.4, 0.5) is 0 Å². The lowest BCUT2D eigenvalue weighted by Crippen LogP contribution is -2.57. The van der Waals surface area contributed by atoms with E-state index < -0.39 is 42.0 Å². The van der Waals surface area contributed by atoms with Gasteiger partial charge in [-0.05, 0) is 32.1 Å². The van der Waals surface area contributed by atoms with Gasteiger partial charge in [-0.2, -0.15) is 0 Å². The maximum atomic E-state index is 11.2. The van der Waals surface area contributed by atoms with Crippen molar-refractivity contribution in [3.05, 3.63) is 12.2 Å². The summed E-state index contributed by atoms with van der Waals surface area (Å²) in [7, 11) is 0. The first-order valence-electron chi connectivity index (χ1n) is 14.0. The molecule has 0 aromatic rings. The topological polar surface area (TPSA) is 112 Å². The zero-order valence-corrected chi connectivity index (χ0v) is 22.2. The van der Waals surface area contributed by atoms with Gasteiger partial charge >= 0.3 is 17.9 Å². The third-order valence-electron chi connectivity index (χ3n) is 6.54. The van der Waals surface area contributed by atoms with E-state index in [1.165, 1.54) is 89.9 Å². The molecule has 0 saturated carbocycles. The van der Waals surface area contributed by atoms with Gasteiger partial charge in [0, 0.05) is 0 Å². The van der Waals surface area contributed by atoms with Crippen molar-refractivity contribution in [1.82, 2.24) is 0 Å². The molecule has 204 valence electrons. The Hall–Kier alpha value is -1.89. The summed E-state index contributed by atoms with van der Waals surface area (Å²) in [5.41, 5.74) is 0. The lowest BCUT2D eigenvalue weighted by molar-refractivity contribution is -0.907. The third kappa shape index (κ3) is 22.3. The van der Waals surface area contributed by atoms with Crippen molar-refractivity contribution < 1.29 is 34.2 Å². The first kappa shape index (κ1) is 33.1. The first-order valence-corrected chi connectivity index (χ1v) is 14.0. The number of aliphatic carboxylic acids is 3. The Balaban J connectivity index is 3.68. The molecule has 0 bridgehead atoms. The van der Waals surface area contributed by atoms with Crippen LogP contribution in [0.15, 0.2) is 12.2 Å². The Morgan fingerprint density at radius 1 is 0.514 bits per heavy atom. The molecule has 7 nitrogen and oxygen atoms in total. The largest absolute Gasteiger partial charge is 0.477 e. The molecule has 0 fully saturated rings. The molecule has 0 amide bonds. The Labute approximate surface area is 213 Å². The van der Waals surface area contributed by atoms with Crippen LogP contribution in [0.1, 0.15) is 122 Å². The van der Waals surface area contributed by atoms with Crippen molar-refractivity contribution in [1.29, 1.82) is 0 Å². The molecule has 0 aliphatic heterocycles. The van der Waals surface area contributed by atoms with Crippen molar-refractivity contribution in [2.75, 3.05) is 26.2 Å². The summed E-state index contributed by atoms with van der Waals surface area (Å²) in [4.78, 5) is 33.6. The fourth-order valence-corrected chi connectivity index (χ4v) is 4.68. The van der Waals surface area contributed by atoms with Crippen LogP contribution in [0.5, 0.6) is 0 Å². The van der Waals surface area contributed by atoms with Gasteiger partial charge in [-0.25, -0.2) is 14.4 Å². The zero-order chi connectivity index (χ0) is 26.2. The molecule has 0 radical (unpaired) electrons. The SMILES string of the molecule is CCC/C=C/CCCCCCCCCCCCCCCCC[N+](CC(=O)O)(CC(=O)O)CC(=O)O. The van der Waals surface area contributed by atoms with E-state index in [1.807, 2.05) is 0 Å². The van der Waals surface area contributed by atoms with Gasteiger partial charge in [0.1, 0.15) is 0 Å². The van der Waals surface area contributed by atoms with E-state index in [-0.39, 0.29) is 6.54 Å². The number of nitrogens with zero attached hydrogens (tertiary/aromatic N) is 1. The summed E-state index contributed by atoms with van der Waals surface area (Å²) in [6, 6.07) is 0.